The molecule has 0 aromatic carbocycles. The summed E-state index contributed by atoms with van der Waals surface area (Å²) in [4.78, 5) is 21.9. The number of carbonyl (C=O) groups is 2. The molecule has 0 heterocycles. The van der Waals surface area contributed by atoms with E-state index in [9.17, 15) is 9.59 Å². The molecule has 0 aromatic heterocycles. The second-order valence-corrected chi connectivity index (χ2v) is 4.67. The molecule has 0 spiro atoms. The number of aliphatic carboxylic acids is 1. The first-order valence-corrected chi connectivity index (χ1v) is 6.48. The number of rotatable bonds is 9. The van der Waals surface area contributed by atoms with Crippen molar-refractivity contribution < 1.29 is 14.7 Å². The third kappa shape index (κ3) is 7.77. The van der Waals surface area contributed by atoms with Crippen LogP contribution in [0.5, 0.6) is 0 Å². The summed E-state index contributed by atoms with van der Waals surface area (Å²) in [5.41, 5.74) is 0. The molecule has 0 aliphatic carbocycles. The maximum Gasteiger partial charge on any atom is 0.303 e. The number of carbonyl (C=O) groups excluding carboxylic acids is 1. The van der Waals surface area contributed by atoms with E-state index in [0.29, 0.717) is 18.9 Å². The van der Waals surface area contributed by atoms with Crippen molar-refractivity contribution in [2.24, 2.45) is 11.8 Å². The molecular formula is C13H25NO3. The van der Waals surface area contributed by atoms with Crippen molar-refractivity contribution in [3.63, 3.8) is 0 Å². The number of hydrogen-bond acceptors (Lipinski definition) is 2. The molecule has 0 radical (unpaired) electrons. The Bertz CT molecular complexity index is 241. The molecule has 4 heteroatoms. The minimum atomic E-state index is -0.751. The fraction of sp³-hybridized carbons (Fsp3) is 0.846. The molecule has 0 aromatic rings. The first kappa shape index (κ1) is 15.9. The van der Waals surface area contributed by atoms with Gasteiger partial charge in [0.15, 0.2) is 0 Å². The van der Waals surface area contributed by atoms with Crippen LogP contribution in [0.1, 0.15) is 52.9 Å². The van der Waals surface area contributed by atoms with E-state index in [-0.39, 0.29) is 18.2 Å². The second-order valence-electron chi connectivity index (χ2n) is 4.67. The van der Waals surface area contributed by atoms with Gasteiger partial charge in [-0.15, -0.1) is 0 Å². The molecule has 4 nitrogen and oxygen atoms in total. The molecule has 0 aliphatic rings. The molecule has 1 amide bonds. The molecule has 0 aliphatic heterocycles. The van der Waals surface area contributed by atoms with Crippen LogP contribution in [0.25, 0.3) is 0 Å². The Morgan fingerprint density at radius 2 is 1.82 bits per heavy atom. The van der Waals surface area contributed by atoms with Gasteiger partial charge in [-0.25, -0.2) is 0 Å². The lowest BCUT2D eigenvalue weighted by atomic mass is 9.93. The number of amides is 1. The lowest BCUT2D eigenvalue weighted by molar-refractivity contribution is -0.137. The van der Waals surface area contributed by atoms with Gasteiger partial charge in [-0.05, 0) is 18.8 Å². The zero-order chi connectivity index (χ0) is 13.3. The topological polar surface area (TPSA) is 66.4 Å². The Kier molecular flexibility index (Phi) is 8.46. The van der Waals surface area contributed by atoms with Crippen molar-refractivity contribution in [3.05, 3.63) is 0 Å². The van der Waals surface area contributed by atoms with Gasteiger partial charge in [0.2, 0.25) is 5.91 Å². The second kappa shape index (κ2) is 9.02. The minimum Gasteiger partial charge on any atom is -0.481 e. The van der Waals surface area contributed by atoms with E-state index in [2.05, 4.69) is 19.2 Å². The van der Waals surface area contributed by atoms with Gasteiger partial charge in [-0.1, -0.05) is 33.6 Å². The van der Waals surface area contributed by atoms with E-state index in [4.69, 9.17) is 5.11 Å². The number of carboxylic acid groups (broad SMARTS) is 1. The predicted octanol–water partition coefficient (Wildman–Crippen LogP) is 2.43. The fourth-order valence-corrected chi connectivity index (χ4v) is 1.56. The Balaban J connectivity index is 3.54. The van der Waals surface area contributed by atoms with Crippen LogP contribution in [0.2, 0.25) is 0 Å². The molecule has 2 N–H and O–H groups in total. The van der Waals surface area contributed by atoms with Gasteiger partial charge in [-0.3, -0.25) is 9.59 Å². The highest BCUT2D eigenvalue weighted by molar-refractivity contribution is 5.78. The minimum absolute atomic E-state index is 0.0546. The molecule has 2 atom stereocenters. The number of nitrogens with one attached hydrogen (secondary N) is 1. The van der Waals surface area contributed by atoms with Gasteiger partial charge in [0, 0.05) is 18.9 Å². The molecule has 0 fully saturated rings. The average Bonchev–Trinajstić information content (AvgIpc) is 2.30. The summed E-state index contributed by atoms with van der Waals surface area (Å²) in [7, 11) is 0. The van der Waals surface area contributed by atoms with Gasteiger partial charge in [0.05, 0.1) is 0 Å². The van der Waals surface area contributed by atoms with Gasteiger partial charge >= 0.3 is 5.97 Å². The number of hydrogen-bond donors (Lipinski definition) is 2. The van der Waals surface area contributed by atoms with Gasteiger partial charge in [0.1, 0.15) is 0 Å². The Labute approximate surface area is 104 Å². The van der Waals surface area contributed by atoms with Gasteiger partial charge in [0.25, 0.3) is 0 Å². The van der Waals surface area contributed by atoms with Crippen LogP contribution in [0.15, 0.2) is 0 Å². The highest BCUT2D eigenvalue weighted by atomic mass is 16.4. The molecule has 2 unspecified atom stereocenters. The molecule has 0 saturated heterocycles. The first-order chi connectivity index (χ1) is 7.99. The summed E-state index contributed by atoms with van der Waals surface area (Å²) < 4.78 is 0. The highest BCUT2D eigenvalue weighted by Gasteiger charge is 2.17. The number of carboxylic acids is 1. The third-order valence-electron chi connectivity index (χ3n) is 3.28. The SMILES string of the molecule is CCC(C)C(C)C(=O)NCCCCCC(=O)O. The zero-order valence-corrected chi connectivity index (χ0v) is 11.2. The lowest BCUT2D eigenvalue weighted by Crippen LogP contribution is -2.33. The summed E-state index contributed by atoms with van der Waals surface area (Å²) in [5.74, 6) is -0.182. The van der Waals surface area contributed by atoms with Crippen molar-refractivity contribution in [2.75, 3.05) is 6.54 Å². The van der Waals surface area contributed by atoms with Crippen LogP contribution in [0, 0.1) is 11.8 Å². The van der Waals surface area contributed by atoms with Crippen molar-refractivity contribution >= 4 is 11.9 Å². The van der Waals surface area contributed by atoms with Crippen LogP contribution in [-0.2, 0) is 9.59 Å². The van der Waals surface area contributed by atoms with Crippen LogP contribution in [0.4, 0.5) is 0 Å². The summed E-state index contributed by atoms with van der Waals surface area (Å²) in [6.07, 6.45) is 3.62. The van der Waals surface area contributed by atoms with Crippen LogP contribution < -0.4 is 5.32 Å². The van der Waals surface area contributed by atoms with Crippen molar-refractivity contribution in [2.45, 2.75) is 52.9 Å². The summed E-state index contributed by atoms with van der Waals surface area (Å²) >= 11 is 0. The smallest absolute Gasteiger partial charge is 0.303 e. The first-order valence-electron chi connectivity index (χ1n) is 6.48. The molecule has 17 heavy (non-hydrogen) atoms. The van der Waals surface area contributed by atoms with E-state index < -0.39 is 5.97 Å². The van der Waals surface area contributed by atoms with Crippen molar-refractivity contribution in [1.82, 2.24) is 5.32 Å². The summed E-state index contributed by atoms with van der Waals surface area (Å²) in [6, 6.07) is 0. The zero-order valence-electron chi connectivity index (χ0n) is 11.2. The van der Waals surface area contributed by atoms with E-state index in [1.165, 1.54) is 0 Å². The summed E-state index contributed by atoms with van der Waals surface area (Å²) in [6.45, 7) is 6.77. The van der Waals surface area contributed by atoms with Crippen LogP contribution >= 0.6 is 0 Å². The molecule has 0 saturated carbocycles. The Morgan fingerprint density at radius 1 is 1.18 bits per heavy atom. The summed E-state index contributed by atoms with van der Waals surface area (Å²) in [5, 5.41) is 11.3. The molecule has 100 valence electrons. The van der Waals surface area contributed by atoms with Gasteiger partial charge in [-0.2, -0.15) is 0 Å². The monoisotopic (exact) mass is 243 g/mol. The largest absolute Gasteiger partial charge is 0.481 e. The lowest BCUT2D eigenvalue weighted by Gasteiger charge is -2.17. The van der Waals surface area contributed by atoms with E-state index >= 15 is 0 Å². The maximum absolute atomic E-state index is 11.7. The number of unbranched alkanes of at least 4 members (excludes halogenated alkanes) is 2. The third-order valence-corrected chi connectivity index (χ3v) is 3.28. The maximum atomic E-state index is 11.7. The van der Waals surface area contributed by atoms with Crippen LogP contribution in [0.3, 0.4) is 0 Å². The predicted molar refractivity (Wildman–Crippen MR) is 67.7 cm³/mol. The van der Waals surface area contributed by atoms with E-state index in [1.807, 2.05) is 6.92 Å². The van der Waals surface area contributed by atoms with Crippen LogP contribution in [-0.4, -0.2) is 23.5 Å². The van der Waals surface area contributed by atoms with E-state index in [1.54, 1.807) is 0 Å². The normalized spacial score (nSPS) is 14.1. The average molecular weight is 243 g/mol. The van der Waals surface area contributed by atoms with E-state index in [0.717, 1.165) is 19.3 Å². The molecule has 0 bridgehead atoms. The molecular weight excluding hydrogens is 218 g/mol. The van der Waals surface area contributed by atoms with Crippen molar-refractivity contribution in [3.8, 4) is 0 Å². The fourth-order valence-electron chi connectivity index (χ4n) is 1.56. The standard InChI is InChI=1S/C13H25NO3/c1-4-10(2)11(3)13(17)14-9-7-5-6-8-12(15)16/h10-11H,4-9H2,1-3H3,(H,14,17)(H,15,16). The Morgan fingerprint density at radius 3 is 2.35 bits per heavy atom. The van der Waals surface area contributed by atoms with Crippen molar-refractivity contribution in [1.29, 1.82) is 0 Å². The quantitative estimate of drug-likeness (QED) is 0.611. The molecule has 0 rings (SSSR count). The highest BCUT2D eigenvalue weighted by Crippen LogP contribution is 2.14. The Hall–Kier alpha value is -1.06. The van der Waals surface area contributed by atoms with Gasteiger partial charge < -0.3 is 10.4 Å².